The third-order valence-electron chi connectivity index (χ3n) is 9.87. The molecule has 0 saturated carbocycles. The zero-order valence-electron chi connectivity index (χ0n) is 24.5. The van der Waals surface area contributed by atoms with Gasteiger partial charge < -0.3 is 34.6 Å². The standard InChI is InChI=1S/C31H48O9/c1-6-7-8-9-12-30(2,3)18-14-21(32)25-19-13-17(10-11-20(19)31(4,5)40-23(25)15-18)28(37)39-29-26(34)22(33)16-24(38-29)27(35)36/h10,14,18-20,22-26,29,32-34H,6-9,11-13,15-16H2,1-5H3,(H,35,36)/t18?,19?,20?,22?,23?,24?,25?,26-,29?/m1/s1. The number of unbranched alkanes of at least 4 members (excludes halogenated alkanes) is 3. The maximum Gasteiger partial charge on any atom is 0.336 e. The van der Waals surface area contributed by atoms with E-state index in [1.807, 2.05) is 6.08 Å². The van der Waals surface area contributed by atoms with E-state index in [2.05, 4.69) is 34.6 Å². The van der Waals surface area contributed by atoms with E-state index in [1.54, 1.807) is 6.08 Å². The first-order valence-electron chi connectivity index (χ1n) is 15.0. The molecule has 2 heterocycles. The van der Waals surface area contributed by atoms with E-state index in [4.69, 9.17) is 14.2 Å². The zero-order chi connectivity index (χ0) is 29.4. The molecular weight excluding hydrogens is 516 g/mol. The van der Waals surface area contributed by atoms with Crippen molar-refractivity contribution in [1.29, 1.82) is 0 Å². The van der Waals surface area contributed by atoms with Gasteiger partial charge in [0, 0.05) is 17.9 Å². The van der Waals surface area contributed by atoms with Crippen LogP contribution in [0.25, 0.3) is 0 Å². The number of ether oxygens (including phenoxy) is 3. The molecule has 0 aromatic rings. The Bertz CT molecular complexity index is 999. The quantitative estimate of drug-likeness (QED) is 0.232. The average Bonchev–Trinajstić information content (AvgIpc) is 2.88. The summed E-state index contributed by atoms with van der Waals surface area (Å²) < 4.78 is 17.3. The van der Waals surface area contributed by atoms with Gasteiger partial charge in [-0.1, -0.05) is 52.5 Å². The van der Waals surface area contributed by atoms with Gasteiger partial charge in [0.2, 0.25) is 6.29 Å². The summed E-state index contributed by atoms with van der Waals surface area (Å²) in [5.41, 5.74) is -0.0312. The first-order chi connectivity index (χ1) is 18.7. The minimum atomic E-state index is -1.59. The minimum Gasteiger partial charge on any atom is -0.512 e. The summed E-state index contributed by atoms with van der Waals surface area (Å²) in [4.78, 5) is 24.6. The molecule has 9 heteroatoms. The molecule has 0 bridgehead atoms. The first-order valence-corrected chi connectivity index (χ1v) is 15.0. The topological polar surface area (TPSA) is 143 Å². The number of carbonyl (C=O) groups is 2. The van der Waals surface area contributed by atoms with Gasteiger partial charge in [-0.05, 0) is 68.8 Å². The smallest absolute Gasteiger partial charge is 0.336 e. The van der Waals surface area contributed by atoms with Crippen LogP contribution in [0.2, 0.25) is 0 Å². The largest absolute Gasteiger partial charge is 0.512 e. The fourth-order valence-corrected chi connectivity index (χ4v) is 7.35. The van der Waals surface area contributed by atoms with Gasteiger partial charge >= 0.3 is 11.9 Å². The number of hydrogen-bond donors (Lipinski definition) is 4. The zero-order valence-corrected chi connectivity index (χ0v) is 24.5. The monoisotopic (exact) mass is 564 g/mol. The Morgan fingerprint density at radius 1 is 1.15 bits per heavy atom. The van der Waals surface area contributed by atoms with E-state index in [9.17, 15) is 30.0 Å². The van der Waals surface area contributed by atoms with Crippen molar-refractivity contribution in [1.82, 2.24) is 0 Å². The number of carboxylic acids is 1. The molecule has 2 fully saturated rings. The molecule has 226 valence electrons. The van der Waals surface area contributed by atoms with E-state index in [1.165, 1.54) is 19.3 Å². The molecule has 40 heavy (non-hydrogen) atoms. The Morgan fingerprint density at radius 3 is 2.55 bits per heavy atom. The molecule has 0 spiro atoms. The lowest BCUT2D eigenvalue weighted by atomic mass is 9.59. The van der Waals surface area contributed by atoms with E-state index in [0.29, 0.717) is 24.2 Å². The Kier molecular flexibility index (Phi) is 9.39. The van der Waals surface area contributed by atoms with Gasteiger partial charge in [-0.2, -0.15) is 0 Å². The summed E-state index contributed by atoms with van der Waals surface area (Å²) in [6.45, 7) is 10.9. The molecule has 0 aromatic heterocycles. The second-order valence-corrected chi connectivity index (χ2v) is 13.5. The van der Waals surface area contributed by atoms with E-state index >= 15 is 0 Å². The van der Waals surface area contributed by atoms with Crippen LogP contribution in [0.15, 0.2) is 23.5 Å². The molecule has 0 amide bonds. The Hall–Kier alpha value is -1.94. The van der Waals surface area contributed by atoms with Crippen molar-refractivity contribution < 1.29 is 44.2 Å². The van der Waals surface area contributed by atoms with Gasteiger partial charge in [-0.25, -0.2) is 9.59 Å². The minimum absolute atomic E-state index is 0.0255. The van der Waals surface area contributed by atoms with Crippen LogP contribution in [-0.2, 0) is 23.8 Å². The van der Waals surface area contributed by atoms with E-state index in [-0.39, 0.29) is 41.6 Å². The molecule has 9 nitrogen and oxygen atoms in total. The van der Waals surface area contributed by atoms with Gasteiger partial charge in [0.15, 0.2) is 6.10 Å². The molecule has 0 radical (unpaired) electrons. The normalized spacial score (nSPS) is 37.4. The molecule has 2 saturated heterocycles. The maximum atomic E-state index is 13.2. The van der Waals surface area contributed by atoms with Crippen molar-refractivity contribution >= 4 is 11.9 Å². The highest BCUT2D eigenvalue weighted by atomic mass is 16.7. The van der Waals surface area contributed by atoms with E-state index < -0.39 is 42.1 Å². The highest BCUT2D eigenvalue weighted by Gasteiger charge is 2.54. The van der Waals surface area contributed by atoms with Crippen molar-refractivity contribution in [3.8, 4) is 0 Å². The number of carboxylic acid groups (broad SMARTS) is 1. The van der Waals surface area contributed by atoms with Crippen LogP contribution in [0.4, 0.5) is 0 Å². The number of hydrogen-bond acceptors (Lipinski definition) is 8. The van der Waals surface area contributed by atoms with Crippen LogP contribution in [-0.4, -0.2) is 68.7 Å². The van der Waals surface area contributed by atoms with Crippen molar-refractivity contribution in [3.63, 3.8) is 0 Å². The first kappa shape index (κ1) is 31.0. The number of allylic oxidation sites excluding steroid dienone is 2. The maximum absolute atomic E-state index is 13.2. The molecule has 2 aliphatic carbocycles. The number of esters is 1. The summed E-state index contributed by atoms with van der Waals surface area (Å²) >= 11 is 0. The summed E-state index contributed by atoms with van der Waals surface area (Å²) in [6.07, 6.45) is 5.07. The molecule has 4 N–H and O–H groups in total. The predicted octanol–water partition coefficient (Wildman–Crippen LogP) is 4.66. The summed E-state index contributed by atoms with van der Waals surface area (Å²) in [7, 11) is 0. The van der Waals surface area contributed by atoms with E-state index in [0.717, 1.165) is 19.3 Å². The molecular formula is C31H48O9. The van der Waals surface area contributed by atoms with Gasteiger partial charge in [0.1, 0.15) is 6.10 Å². The van der Waals surface area contributed by atoms with Gasteiger partial charge in [0.25, 0.3) is 0 Å². The summed E-state index contributed by atoms with van der Waals surface area (Å²) in [5, 5.41) is 41.0. The van der Waals surface area contributed by atoms with Gasteiger partial charge in [-0.3, -0.25) is 0 Å². The lowest BCUT2D eigenvalue weighted by molar-refractivity contribution is -0.258. The highest BCUT2D eigenvalue weighted by Crippen LogP contribution is 2.55. The Balaban J connectivity index is 1.49. The van der Waals surface area contributed by atoms with Crippen molar-refractivity contribution in [3.05, 3.63) is 23.5 Å². The second-order valence-electron chi connectivity index (χ2n) is 13.5. The second kappa shape index (κ2) is 12.1. The number of carbonyl (C=O) groups excluding carboxylic acids is 1. The molecule has 4 aliphatic rings. The molecule has 2 aliphatic heterocycles. The Morgan fingerprint density at radius 2 is 1.88 bits per heavy atom. The lowest BCUT2D eigenvalue weighted by Crippen LogP contribution is -2.56. The van der Waals surface area contributed by atoms with Crippen LogP contribution in [0, 0.1) is 29.1 Å². The lowest BCUT2D eigenvalue weighted by Gasteiger charge is -2.55. The molecule has 0 aromatic carbocycles. The summed E-state index contributed by atoms with van der Waals surface area (Å²) in [6, 6.07) is 0. The van der Waals surface area contributed by atoms with Crippen LogP contribution in [0.1, 0.15) is 92.4 Å². The number of aliphatic hydroxyl groups is 3. The van der Waals surface area contributed by atoms with Crippen molar-refractivity contribution in [2.24, 2.45) is 29.1 Å². The highest BCUT2D eigenvalue weighted by molar-refractivity contribution is 5.88. The van der Waals surface area contributed by atoms with Crippen LogP contribution in [0.3, 0.4) is 0 Å². The SMILES string of the molecule is CCCCCCC(C)(C)C1C=C(O)C2C(C1)OC(C)(C)C1CC=C(C(=O)OC3OC(C(=O)O)CC(O)[C@H]3O)CC21. The average molecular weight is 565 g/mol. The van der Waals surface area contributed by atoms with Crippen molar-refractivity contribution in [2.75, 3.05) is 0 Å². The fourth-order valence-electron chi connectivity index (χ4n) is 7.35. The number of aliphatic hydroxyl groups excluding tert-OH is 3. The van der Waals surface area contributed by atoms with Gasteiger partial charge in [-0.15, -0.1) is 0 Å². The van der Waals surface area contributed by atoms with Crippen LogP contribution in [0.5, 0.6) is 0 Å². The molecule has 8 unspecified atom stereocenters. The van der Waals surface area contributed by atoms with Crippen molar-refractivity contribution in [2.45, 2.75) is 129 Å². The number of fused-ring (bicyclic) bond motifs is 3. The van der Waals surface area contributed by atoms with Crippen LogP contribution < -0.4 is 0 Å². The third kappa shape index (κ3) is 6.42. The third-order valence-corrected chi connectivity index (χ3v) is 9.87. The van der Waals surface area contributed by atoms with Crippen LogP contribution >= 0.6 is 0 Å². The predicted molar refractivity (Wildman–Crippen MR) is 147 cm³/mol. The molecule has 4 rings (SSSR count). The fraction of sp³-hybridized carbons (Fsp3) is 0.806. The summed E-state index contributed by atoms with van der Waals surface area (Å²) in [5.74, 6) is -1.71. The number of aliphatic carboxylic acids is 1. The Labute approximate surface area is 237 Å². The van der Waals surface area contributed by atoms with Gasteiger partial charge in [0.05, 0.1) is 23.6 Å². The molecule has 9 atom stereocenters. The number of rotatable bonds is 9.